The number of carbonyl (C=O) groups is 1. The van der Waals surface area contributed by atoms with Crippen LogP contribution in [0.5, 0.6) is 0 Å². The summed E-state index contributed by atoms with van der Waals surface area (Å²) in [6.07, 6.45) is 2.62. The molecule has 0 amide bonds. The molecule has 0 saturated carbocycles. The van der Waals surface area contributed by atoms with Crippen LogP contribution >= 0.6 is 11.3 Å². The number of hydrogen-bond acceptors (Lipinski definition) is 4. The fourth-order valence-corrected chi connectivity index (χ4v) is 3.25. The van der Waals surface area contributed by atoms with Crippen LogP contribution in [0.1, 0.15) is 37.7 Å². The molecule has 5 heteroatoms. The van der Waals surface area contributed by atoms with Crippen molar-refractivity contribution in [1.29, 1.82) is 0 Å². The highest BCUT2D eigenvalue weighted by Gasteiger charge is 2.27. The first-order valence-corrected chi connectivity index (χ1v) is 6.71. The van der Waals surface area contributed by atoms with E-state index in [0.29, 0.717) is 6.61 Å². The first-order chi connectivity index (χ1) is 8.70. The lowest BCUT2D eigenvalue weighted by Gasteiger charge is -2.25. The van der Waals surface area contributed by atoms with E-state index in [4.69, 9.17) is 4.74 Å². The van der Waals surface area contributed by atoms with Crippen molar-refractivity contribution in [2.24, 2.45) is 0 Å². The molecule has 94 valence electrons. The zero-order valence-corrected chi connectivity index (χ0v) is 11.2. The van der Waals surface area contributed by atoms with Gasteiger partial charge in [0, 0.05) is 28.9 Å². The van der Waals surface area contributed by atoms with Crippen LogP contribution in [0.25, 0.3) is 0 Å². The molecule has 1 unspecified atom stereocenters. The predicted molar refractivity (Wildman–Crippen MR) is 69.2 cm³/mol. The number of aromatic nitrogens is 2. The van der Waals surface area contributed by atoms with Gasteiger partial charge in [-0.2, -0.15) is 0 Å². The van der Waals surface area contributed by atoms with Crippen LogP contribution in [0.4, 0.5) is 0 Å². The molecule has 0 N–H and O–H groups in total. The SMILES string of the molecule is Cc1sc(C=O)cc1C1OCCn2c(C)cnc21. The summed E-state index contributed by atoms with van der Waals surface area (Å²) >= 11 is 1.50. The number of imidazole rings is 1. The lowest BCUT2D eigenvalue weighted by molar-refractivity contribution is 0.0423. The number of carbonyl (C=O) groups excluding carboxylic acids is 1. The van der Waals surface area contributed by atoms with E-state index < -0.39 is 0 Å². The monoisotopic (exact) mass is 262 g/mol. The fourth-order valence-electron chi connectivity index (χ4n) is 2.38. The van der Waals surface area contributed by atoms with E-state index in [-0.39, 0.29) is 6.10 Å². The molecule has 1 aliphatic rings. The molecule has 2 aromatic heterocycles. The molecule has 1 aliphatic heterocycles. The summed E-state index contributed by atoms with van der Waals surface area (Å²) in [6, 6.07) is 1.91. The average Bonchev–Trinajstić information content (AvgIpc) is 2.93. The molecule has 2 aromatic rings. The zero-order valence-electron chi connectivity index (χ0n) is 10.3. The predicted octanol–water partition coefficient (Wildman–Crippen LogP) is 2.49. The molecule has 0 saturated heterocycles. The average molecular weight is 262 g/mol. The molecular formula is C13H14N2O2S. The molecule has 0 aliphatic carbocycles. The minimum atomic E-state index is -0.141. The van der Waals surface area contributed by atoms with Crippen LogP contribution < -0.4 is 0 Å². The summed E-state index contributed by atoms with van der Waals surface area (Å²) in [5.41, 5.74) is 2.22. The minimum absolute atomic E-state index is 0.141. The van der Waals surface area contributed by atoms with E-state index >= 15 is 0 Å². The van der Waals surface area contributed by atoms with Gasteiger partial charge in [-0.25, -0.2) is 4.98 Å². The molecule has 4 nitrogen and oxygen atoms in total. The van der Waals surface area contributed by atoms with Crippen LogP contribution in [0, 0.1) is 13.8 Å². The number of aldehydes is 1. The van der Waals surface area contributed by atoms with Crippen molar-refractivity contribution >= 4 is 17.6 Å². The van der Waals surface area contributed by atoms with Crippen molar-refractivity contribution in [3.05, 3.63) is 39.1 Å². The highest BCUT2D eigenvalue weighted by molar-refractivity contribution is 7.13. The smallest absolute Gasteiger partial charge is 0.160 e. The second-order valence-electron chi connectivity index (χ2n) is 4.44. The van der Waals surface area contributed by atoms with Gasteiger partial charge in [0.1, 0.15) is 11.9 Å². The summed E-state index contributed by atoms with van der Waals surface area (Å²) in [4.78, 5) is 17.2. The Morgan fingerprint density at radius 1 is 1.56 bits per heavy atom. The quantitative estimate of drug-likeness (QED) is 0.781. The van der Waals surface area contributed by atoms with Crippen molar-refractivity contribution in [2.75, 3.05) is 6.61 Å². The third-order valence-corrected chi connectivity index (χ3v) is 4.29. The number of ether oxygens (including phenoxy) is 1. The second kappa shape index (κ2) is 4.33. The highest BCUT2D eigenvalue weighted by atomic mass is 32.1. The van der Waals surface area contributed by atoms with E-state index in [1.54, 1.807) is 0 Å². The minimum Gasteiger partial charge on any atom is -0.364 e. The largest absolute Gasteiger partial charge is 0.364 e. The number of aryl methyl sites for hydroxylation is 2. The Morgan fingerprint density at radius 3 is 3.11 bits per heavy atom. The molecule has 0 fully saturated rings. The van der Waals surface area contributed by atoms with Gasteiger partial charge in [0.2, 0.25) is 0 Å². The van der Waals surface area contributed by atoms with Gasteiger partial charge in [-0.15, -0.1) is 11.3 Å². The topological polar surface area (TPSA) is 44.1 Å². The number of nitrogens with zero attached hydrogens (tertiary/aromatic N) is 2. The molecule has 1 atom stereocenters. The summed E-state index contributed by atoms with van der Waals surface area (Å²) < 4.78 is 8.04. The van der Waals surface area contributed by atoms with Crippen LogP contribution in [-0.2, 0) is 11.3 Å². The number of fused-ring (bicyclic) bond motifs is 1. The number of thiophene rings is 1. The van der Waals surface area contributed by atoms with Crippen molar-refractivity contribution in [3.63, 3.8) is 0 Å². The van der Waals surface area contributed by atoms with Crippen molar-refractivity contribution < 1.29 is 9.53 Å². The van der Waals surface area contributed by atoms with Gasteiger partial charge in [0.25, 0.3) is 0 Å². The number of rotatable bonds is 2. The summed E-state index contributed by atoms with van der Waals surface area (Å²) in [7, 11) is 0. The normalized spacial score (nSPS) is 18.7. The maximum Gasteiger partial charge on any atom is 0.160 e. The Bertz CT molecular complexity index is 600. The molecule has 0 spiro atoms. The van der Waals surface area contributed by atoms with E-state index in [2.05, 4.69) is 16.5 Å². The Balaban J connectivity index is 2.07. The molecular weight excluding hydrogens is 248 g/mol. The van der Waals surface area contributed by atoms with Crippen molar-refractivity contribution in [3.8, 4) is 0 Å². The first kappa shape index (κ1) is 11.6. The van der Waals surface area contributed by atoms with Gasteiger partial charge in [-0.3, -0.25) is 4.79 Å². The number of hydrogen-bond donors (Lipinski definition) is 0. The highest BCUT2D eigenvalue weighted by Crippen LogP contribution is 2.34. The second-order valence-corrected chi connectivity index (χ2v) is 5.73. The Kier molecular flexibility index (Phi) is 2.80. The van der Waals surface area contributed by atoms with Crippen molar-refractivity contribution in [2.45, 2.75) is 26.5 Å². The maximum absolute atomic E-state index is 10.9. The van der Waals surface area contributed by atoms with Gasteiger partial charge >= 0.3 is 0 Å². The van der Waals surface area contributed by atoms with Crippen LogP contribution in [0.15, 0.2) is 12.3 Å². The van der Waals surface area contributed by atoms with Crippen LogP contribution in [0.2, 0.25) is 0 Å². The van der Waals surface area contributed by atoms with Crippen molar-refractivity contribution in [1.82, 2.24) is 9.55 Å². The fraction of sp³-hybridized carbons (Fsp3) is 0.385. The summed E-state index contributed by atoms with van der Waals surface area (Å²) in [5, 5.41) is 0. The van der Waals surface area contributed by atoms with Gasteiger partial charge in [-0.1, -0.05) is 0 Å². The van der Waals surface area contributed by atoms with Gasteiger partial charge < -0.3 is 9.30 Å². The third-order valence-electron chi connectivity index (χ3n) is 3.29. The van der Waals surface area contributed by atoms with Gasteiger partial charge in [0.05, 0.1) is 11.5 Å². The Morgan fingerprint density at radius 2 is 2.39 bits per heavy atom. The molecule has 0 bridgehead atoms. The van der Waals surface area contributed by atoms with E-state index in [0.717, 1.165) is 39.7 Å². The van der Waals surface area contributed by atoms with Gasteiger partial charge in [-0.05, 0) is 19.9 Å². The summed E-state index contributed by atoms with van der Waals surface area (Å²) in [6.45, 7) is 5.60. The lowest BCUT2D eigenvalue weighted by atomic mass is 10.1. The Hall–Kier alpha value is -1.46. The standard InChI is InChI=1S/C13H14N2O2S/c1-8-6-14-13-12(17-4-3-15(8)13)11-5-10(7-16)18-9(11)2/h5-7,12H,3-4H2,1-2H3. The molecule has 0 aromatic carbocycles. The summed E-state index contributed by atoms with van der Waals surface area (Å²) in [5.74, 6) is 0.942. The molecule has 18 heavy (non-hydrogen) atoms. The van der Waals surface area contributed by atoms with Crippen LogP contribution in [-0.4, -0.2) is 22.4 Å². The van der Waals surface area contributed by atoms with Gasteiger partial charge in [0.15, 0.2) is 6.29 Å². The Labute approximate surface area is 109 Å². The van der Waals surface area contributed by atoms with E-state index in [1.165, 1.54) is 11.3 Å². The molecule has 3 rings (SSSR count). The third kappa shape index (κ3) is 1.71. The first-order valence-electron chi connectivity index (χ1n) is 5.90. The zero-order chi connectivity index (χ0) is 12.7. The molecule has 0 radical (unpaired) electrons. The van der Waals surface area contributed by atoms with Crippen LogP contribution in [0.3, 0.4) is 0 Å². The van der Waals surface area contributed by atoms with E-state index in [9.17, 15) is 4.79 Å². The molecule has 3 heterocycles. The maximum atomic E-state index is 10.9. The lowest BCUT2D eigenvalue weighted by Crippen LogP contribution is -2.23. The van der Waals surface area contributed by atoms with E-state index in [1.807, 2.05) is 19.2 Å².